The summed E-state index contributed by atoms with van der Waals surface area (Å²) in [5.74, 6) is 0.384. The fourth-order valence-corrected chi connectivity index (χ4v) is 5.99. The van der Waals surface area contributed by atoms with E-state index in [2.05, 4.69) is 94.0 Å². The molecule has 0 amide bonds. The van der Waals surface area contributed by atoms with E-state index in [9.17, 15) is 52.7 Å². The van der Waals surface area contributed by atoms with Gasteiger partial charge in [0.25, 0.3) is 0 Å². The summed E-state index contributed by atoms with van der Waals surface area (Å²) in [5.41, 5.74) is 0.0632. The molecule has 8 rings (SSSR count). The molecule has 8 heterocycles. The van der Waals surface area contributed by atoms with E-state index in [4.69, 9.17) is 0 Å². The summed E-state index contributed by atoms with van der Waals surface area (Å²) in [4.78, 5) is 53.3. The summed E-state index contributed by atoms with van der Waals surface area (Å²) >= 11 is 0. The minimum atomic E-state index is -4.53. The van der Waals surface area contributed by atoms with Crippen LogP contribution < -0.4 is 0 Å². The fraction of sp³-hybridized carbons (Fsp3) is 0.320. The molecule has 0 atom stereocenters. The van der Waals surface area contributed by atoms with Gasteiger partial charge in [0, 0.05) is 121 Å². The van der Waals surface area contributed by atoms with Gasteiger partial charge in [0.1, 0.15) is 25.3 Å². The van der Waals surface area contributed by atoms with Crippen LogP contribution in [-0.4, -0.2) is 69.8 Å². The number of hydrogen-bond acceptors (Lipinski definition) is 14. The normalized spacial score (nSPS) is 11.5. The molecule has 0 spiro atoms. The van der Waals surface area contributed by atoms with Crippen molar-refractivity contribution in [1.82, 2.24) is 69.8 Å². The van der Waals surface area contributed by atoms with Crippen molar-refractivity contribution in [2.75, 3.05) is 0 Å². The Morgan fingerprint density at radius 1 is 0.375 bits per heavy atom. The predicted molar refractivity (Wildman–Crippen MR) is 248 cm³/mol. The van der Waals surface area contributed by atoms with E-state index in [-0.39, 0.29) is 137 Å². The van der Waals surface area contributed by atoms with Crippen LogP contribution in [0.2, 0.25) is 0 Å². The first-order valence-electron chi connectivity index (χ1n) is 21.9. The molecule has 436 valence electrons. The molecule has 0 N–H and O–H groups in total. The minimum Gasteiger partial charge on any atom is -0.344 e. The van der Waals surface area contributed by atoms with Crippen LogP contribution in [0.1, 0.15) is 98.5 Å². The smallest absolute Gasteiger partial charge is 0.344 e. The van der Waals surface area contributed by atoms with Crippen LogP contribution in [0.3, 0.4) is 0 Å². The van der Waals surface area contributed by atoms with Crippen molar-refractivity contribution in [3.05, 3.63) is 156 Å². The van der Waals surface area contributed by atoms with Gasteiger partial charge in [-0.2, -0.15) is 58.2 Å². The first kappa shape index (κ1) is 72.6. The Hall–Kier alpha value is -5.46. The molecular weight excluding hydrogens is 1790 g/mol. The largest absolute Gasteiger partial charge is 0.421 e. The first-order chi connectivity index (χ1) is 35.1. The van der Waals surface area contributed by atoms with Crippen molar-refractivity contribution in [2.45, 2.75) is 105 Å². The van der Waals surface area contributed by atoms with E-state index in [1.165, 1.54) is 77.5 Å². The molecule has 0 unspecified atom stereocenters. The first-order valence-corrected chi connectivity index (χ1v) is 21.9. The van der Waals surface area contributed by atoms with E-state index in [0.29, 0.717) is 22.5 Å². The minimum absolute atomic E-state index is 0. The third-order valence-electron chi connectivity index (χ3n) is 9.74. The summed E-state index contributed by atoms with van der Waals surface area (Å²) in [6.45, 7) is 17.9. The number of aromatic nitrogens is 14. The quantitative estimate of drug-likeness (QED) is 0.120. The Labute approximate surface area is 505 Å². The Bertz CT molecular complexity index is 3220. The van der Waals surface area contributed by atoms with Gasteiger partial charge >= 0.3 is 24.7 Å². The molecule has 0 aliphatic rings. The average molecular weight is 1840 g/mol. The maximum absolute atomic E-state index is 12.8. The van der Waals surface area contributed by atoms with Crippen LogP contribution in [0.25, 0.3) is 45.3 Å². The molecule has 0 fully saturated rings. The standard InChI is InChI=1S/2C15H15F3N3.2C10H6F3N4.4Ir/c1-9-5-10(6-12(21-9)15(16,17)18)11-7-20-13(8-19-11)14(2,3)4;1-9-10(5-6-12(21-9)15(16,17)18)11-7-20-13(8-19-11)14(2,3)4;1-6-2-7(9-15-4-14-5-16-9)3-8(17-6)10(11,12)13;1-6-7(9-15-4-14-5-16-9)2-3-8(17-6)10(11,12)13;;;;/h5,7-8H,1-4H3;6-8H,1-4H3;2,4-5H,1H3;3-5H,1H3;;;;/q4*-1;;;;. The third kappa shape index (κ3) is 21.1. The molecule has 0 saturated heterocycles. The monoisotopic (exact) mass is 1840 g/mol. The zero-order valence-electron chi connectivity index (χ0n) is 43.1. The molecule has 14 nitrogen and oxygen atoms in total. The van der Waals surface area contributed by atoms with Gasteiger partial charge in [0.15, 0.2) is 0 Å². The van der Waals surface area contributed by atoms with Crippen molar-refractivity contribution >= 4 is 0 Å². The van der Waals surface area contributed by atoms with Crippen LogP contribution in [0.5, 0.6) is 0 Å². The van der Waals surface area contributed by atoms with Gasteiger partial charge in [-0.3, -0.25) is 39.9 Å². The van der Waals surface area contributed by atoms with Crippen LogP contribution in [0, 0.1) is 52.0 Å². The number of rotatable bonds is 4. The second-order valence-electron chi connectivity index (χ2n) is 18.1. The van der Waals surface area contributed by atoms with E-state index in [1.54, 1.807) is 12.4 Å². The van der Waals surface area contributed by atoms with Gasteiger partial charge in [-0.05, 0) is 48.5 Å². The summed E-state index contributed by atoms with van der Waals surface area (Å²) in [7, 11) is 0. The van der Waals surface area contributed by atoms with E-state index in [0.717, 1.165) is 23.5 Å². The number of alkyl halides is 12. The maximum Gasteiger partial charge on any atom is 0.421 e. The Kier molecular flexibility index (Phi) is 26.7. The van der Waals surface area contributed by atoms with Crippen molar-refractivity contribution in [3.63, 3.8) is 0 Å². The van der Waals surface area contributed by atoms with Crippen LogP contribution in [-0.2, 0) is 116 Å². The van der Waals surface area contributed by atoms with Crippen molar-refractivity contribution in [3.8, 4) is 45.3 Å². The predicted octanol–water partition coefficient (Wildman–Crippen LogP) is 12.0. The van der Waals surface area contributed by atoms with Crippen LogP contribution >= 0.6 is 0 Å². The Morgan fingerprint density at radius 3 is 1.09 bits per heavy atom. The molecule has 80 heavy (non-hydrogen) atoms. The molecule has 0 aromatic carbocycles. The molecule has 0 bridgehead atoms. The topological polar surface area (TPSA) is 180 Å². The number of aryl methyl sites for hydroxylation is 4. The number of halogens is 12. The van der Waals surface area contributed by atoms with Gasteiger partial charge in [-0.25, -0.2) is 9.97 Å². The van der Waals surface area contributed by atoms with Crippen molar-refractivity contribution < 1.29 is 133 Å². The summed E-state index contributed by atoms with van der Waals surface area (Å²) < 4.78 is 151. The van der Waals surface area contributed by atoms with Crippen LogP contribution in [0.15, 0.2) is 74.4 Å². The zero-order valence-corrected chi connectivity index (χ0v) is 52.6. The molecule has 0 aliphatic heterocycles. The number of hydrogen-bond donors (Lipinski definition) is 0. The molecule has 8 aromatic heterocycles. The Morgan fingerprint density at radius 2 is 0.738 bits per heavy atom. The maximum atomic E-state index is 12.8. The second-order valence-corrected chi connectivity index (χ2v) is 18.1. The van der Waals surface area contributed by atoms with Gasteiger partial charge in [0.05, 0.1) is 40.0 Å². The molecule has 0 aliphatic carbocycles. The van der Waals surface area contributed by atoms with Gasteiger partial charge in [-0.15, -0.1) is 59.7 Å². The molecule has 4 radical (unpaired) electrons. The molecule has 8 aromatic rings. The molecule has 30 heteroatoms. The molecule has 0 saturated carbocycles. The Balaban J connectivity index is 0.000000527. The van der Waals surface area contributed by atoms with Crippen molar-refractivity contribution in [2.24, 2.45) is 0 Å². The van der Waals surface area contributed by atoms with Gasteiger partial charge in [-0.1, -0.05) is 61.0 Å². The third-order valence-corrected chi connectivity index (χ3v) is 9.74. The number of pyridine rings is 4. The fourth-order valence-electron chi connectivity index (χ4n) is 5.99. The van der Waals surface area contributed by atoms with E-state index in [1.807, 2.05) is 41.5 Å². The average Bonchev–Trinajstić information content (AvgIpc) is 3.33. The number of nitrogens with zero attached hydrogens (tertiary/aromatic N) is 14. The van der Waals surface area contributed by atoms with Crippen molar-refractivity contribution in [1.29, 1.82) is 0 Å². The molecular formula is C50H42F12Ir4N14-4. The van der Waals surface area contributed by atoms with E-state index >= 15 is 0 Å². The van der Waals surface area contributed by atoms with Crippen LogP contribution in [0.4, 0.5) is 52.7 Å². The SMILES string of the molecule is Cc1cc(-c2cnc(C(C)(C)C)cn2)[c-]c(C(F)(F)F)n1.Cc1cc(-c2ncncn2)[c-]c(C(F)(F)F)n1.Cc1nc(C(F)(F)F)c[c-]c1-c1cnc(C(C)(C)C)cn1.Cc1nc(C(F)(F)F)c[c-]c1-c1ncncn1.[Ir].[Ir].[Ir].[Ir]. The van der Waals surface area contributed by atoms with Gasteiger partial charge in [0.2, 0.25) is 0 Å². The van der Waals surface area contributed by atoms with E-state index < -0.39 is 47.5 Å². The zero-order chi connectivity index (χ0) is 56.6. The summed E-state index contributed by atoms with van der Waals surface area (Å²) in [6.07, 6.45) is -6.88. The summed E-state index contributed by atoms with van der Waals surface area (Å²) in [6, 6.07) is 14.1. The summed E-state index contributed by atoms with van der Waals surface area (Å²) in [5, 5.41) is 0. The second kappa shape index (κ2) is 29.5. The van der Waals surface area contributed by atoms with Gasteiger partial charge < -0.3 is 19.9 Å².